The summed E-state index contributed by atoms with van der Waals surface area (Å²) in [4.78, 5) is 23.6. The first-order valence-corrected chi connectivity index (χ1v) is 4.45. The fourth-order valence-corrected chi connectivity index (χ4v) is 1.13. The average molecular weight is 187 g/mol. The Morgan fingerprint density at radius 3 is 2.00 bits per heavy atom. The predicted octanol–water partition coefficient (Wildman–Crippen LogP) is 0.964. The average Bonchev–Trinajstić information content (AvgIpc) is 2.03. The summed E-state index contributed by atoms with van der Waals surface area (Å²) < 4.78 is 0. The molecule has 0 aliphatic carbocycles. The van der Waals surface area contributed by atoms with Gasteiger partial charge in [-0.2, -0.15) is 0 Å². The summed E-state index contributed by atoms with van der Waals surface area (Å²) in [7, 11) is 0. The Hall–Kier alpha value is -1.06. The minimum Gasteiger partial charge on any atom is -0.481 e. The highest BCUT2D eigenvalue weighted by Crippen LogP contribution is 2.06. The van der Waals surface area contributed by atoms with Gasteiger partial charge < -0.3 is 10.0 Å². The molecule has 1 amide bonds. The van der Waals surface area contributed by atoms with Crippen LogP contribution in [0.3, 0.4) is 0 Å². The first-order valence-electron chi connectivity index (χ1n) is 4.45. The maximum atomic E-state index is 11.5. The van der Waals surface area contributed by atoms with Crippen molar-refractivity contribution in [3.05, 3.63) is 0 Å². The molecule has 0 aliphatic heterocycles. The van der Waals surface area contributed by atoms with E-state index in [1.165, 1.54) is 6.92 Å². The third-order valence-electron chi connectivity index (χ3n) is 1.99. The molecule has 0 aromatic rings. The zero-order valence-corrected chi connectivity index (χ0v) is 8.57. The van der Waals surface area contributed by atoms with Crippen molar-refractivity contribution in [3.63, 3.8) is 0 Å². The number of amides is 1. The number of carbonyl (C=O) groups is 2. The summed E-state index contributed by atoms with van der Waals surface area (Å²) in [6.07, 6.45) is 0. The zero-order chi connectivity index (χ0) is 10.6. The van der Waals surface area contributed by atoms with Crippen molar-refractivity contribution in [2.24, 2.45) is 5.92 Å². The van der Waals surface area contributed by atoms with Crippen molar-refractivity contribution in [3.8, 4) is 0 Å². The summed E-state index contributed by atoms with van der Waals surface area (Å²) in [6.45, 7) is 7.54. The van der Waals surface area contributed by atoms with Crippen LogP contribution >= 0.6 is 0 Å². The number of aliphatic carboxylic acids is 1. The van der Waals surface area contributed by atoms with Crippen LogP contribution in [0.1, 0.15) is 27.7 Å². The summed E-state index contributed by atoms with van der Waals surface area (Å²) >= 11 is 0. The number of hydrogen-bond acceptors (Lipinski definition) is 2. The molecule has 0 saturated carbocycles. The molecule has 0 bridgehead atoms. The number of carboxylic acids is 1. The Balaban J connectivity index is 4.46. The number of nitrogens with zero attached hydrogens (tertiary/aromatic N) is 1. The first kappa shape index (κ1) is 11.9. The maximum absolute atomic E-state index is 11.5. The number of rotatable bonds is 4. The molecule has 0 heterocycles. The minimum atomic E-state index is -1.07. The predicted molar refractivity (Wildman–Crippen MR) is 49.3 cm³/mol. The molecule has 0 aromatic carbocycles. The molecule has 0 fully saturated rings. The molecule has 4 heteroatoms. The number of carboxylic acid groups (broad SMARTS) is 1. The van der Waals surface area contributed by atoms with E-state index in [9.17, 15) is 9.59 Å². The quantitative estimate of drug-likeness (QED) is 0.667. The van der Waals surface area contributed by atoms with E-state index in [4.69, 9.17) is 5.11 Å². The molecule has 0 saturated heterocycles. The van der Waals surface area contributed by atoms with E-state index in [0.29, 0.717) is 6.54 Å². The van der Waals surface area contributed by atoms with Crippen molar-refractivity contribution < 1.29 is 14.7 Å². The Labute approximate surface area is 78.5 Å². The van der Waals surface area contributed by atoms with E-state index in [1.54, 1.807) is 4.90 Å². The normalized spacial score (nSPS) is 12.7. The van der Waals surface area contributed by atoms with Crippen molar-refractivity contribution in [2.45, 2.75) is 33.7 Å². The highest BCUT2D eigenvalue weighted by molar-refractivity contribution is 5.96. The van der Waals surface area contributed by atoms with Gasteiger partial charge in [-0.25, -0.2) is 0 Å². The minimum absolute atomic E-state index is 0.0549. The van der Waals surface area contributed by atoms with Gasteiger partial charge in [-0.3, -0.25) is 9.59 Å². The van der Waals surface area contributed by atoms with Crippen LogP contribution in [0, 0.1) is 5.92 Å². The van der Waals surface area contributed by atoms with Crippen LogP contribution < -0.4 is 0 Å². The molecular weight excluding hydrogens is 170 g/mol. The number of hydrogen-bond donors (Lipinski definition) is 1. The van der Waals surface area contributed by atoms with Gasteiger partial charge in [0.05, 0.1) is 0 Å². The lowest BCUT2D eigenvalue weighted by Gasteiger charge is -2.26. The van der Waals surface area contributed by atoms with Gasteiger partial charge >= 0.3 is 5.97 Å². The molecule has 0 aliphatic rings. The van der Waals surface area contributed by atoms with Gasteiger partial charge in [-0.1, -0.05) is 0 Å². The second kappa shape index (κ2) is 4.84. The zero-order valence-electron chi connectivity index (χ0n) is 8.57. The lowest BCUT2D eigenvalue weighted by atomic mass is 10.1. The Morgan fingerprint density at radius 1 is 1.31 bits per heavy atom. The van der Waals surface area contributed by atoms with Crippen molar-refractivity contribution in [2.75, 3.05) is 6.54 Å². The Morgan fingerprint density at radius 2 is 1.77 bits per heavy atom. The fraction of sp³-hybridized carbons (Fsp3) is 0.778. The van der Waals surface area contributed by atoms with Crippen molar-refractivity contribution >= 4 is 11.9 Å². The molecule has 76 valence electrons. The molecule has 0 radical (unpaired) electrons. The van der Waals surface area contributed by atoms with E-state index in [0.717, 1.165) is 0 Å². The lowest BCUT2D eigenvalue weighted by molar-refractivity contribution is -0.150. The largest absolute Gasteiger partial charge is 0.481 e. The fourth-order valence-electron chi connectivity index (χ4n) is 1.13. The van der Waals surface area contributed by atoms with Gasteiger partial charge in [0.1, 0.15) is 5.92 Å². The van der Waals surface area contributed by atoms with Gasteiger partial charge in [0, 0.05) is 12.6 Å². The Bertz CT molecular complexity index is 201. The smallest absolute Gasteiger partial charge is 0.315 e. The van der Waals surface area contributed by atoms with Gasteiger partial charge in [0.2, 0.25) is 5.91 Å². The van der Waals surface area contributed by atoms with Crippen LogP contribution in [-0.4, -0.2) is 34.5 Å². The van der Waals surface area contributed by atoms with Crippen LogP contribution in [0.15, 0.2) is 0 Å². The second-order valence-corrected chi connectivity index (χ2v) is 3.28. The third kappa shape index (κ3) is 3.05. The first-order chi connectivity index (χ1) is 5.91. The lowest BCUT2D eigenvalue weighted by Crippen LogP contribution is -2.42. The molecule has 0 spiro atoms. The standard InChI is InChI=1S/C9H17NO3/c1-5-10(6(2)3)8(11)7(4)9(12)13/h6-7H,5H2,1-4H3,(H,12,13). The van der Waals surface area contributed by atoms with Gasteiger partial charge in [0.15, 0.2) is 0 Å². The second-order valence-electron chi connectivity index (χ2n) is 3.28. The molecule has 1 unspecified atom stereocenters. The molecule has 4 nitrogen and oxygen atoms in total. The van der Waals surface area contributed by atoms with Crippen molar-refractivity contribution in [1.82, 2.24) is 4.90 Å². The third-order valence-corrected chi connectivity index (χ3v) is 1.99. The Kier molecular flexibility index (Phi) is 4.45. The van der Waals surface area contributed by atoms with E-state index < -0.39 is 11.9 Å². The van der Waals surface area contributed by atoms with Crippen molar-refractivity contribution in [1.29, 1.82) is 0 Å². The van der Waals surface area contributed by atoms with E-state index in [1.807, 2.05) is 20.8 Å². The summed E-state index contributed by atoms with van der Waals surface area (Å²) in [5.74, 6) is -2.32. The molecule has 13 heavy (non-hydrogen) atoms. The SMILES string of the molecule is CCN(C(=O)C(C)C(=O)O)C(C)C. The van der Waals surface area contributed by atoms with Gasteiger partial charge in [-0.15, -0.1) is 0 Å². The van der Waals surface area contributed by atoms with E-state index >= 15 is 0 Å². The van der Waals surface area contributed by atoms with Gasteiger partial charge in [-0.05, 0) is 27.7 Å². The molecule has 0 rings (SSSR count). The topological polar surface area (TPSA) is 57.6 Å². The summed E-state index contributed by atoms with van der Waals surface area (Å²) in [5.41, 5.74) is 0. The highest BCUT2D eigenvalue weighted by Gasteiger charge is 2.26. The molecular formula is C9H17NO3. The monoisotopic (exact) mass is 187 g/mol. The summed E-state index contributed by atoms with van der Waals surface area (Å²) in [6, 6.07) is 0.0549. The molecule has 0 aromatic heterocycles. The van der Waals surface area contributed by atoms with E-state index in [-0.39, 0.29) is 11.9 Å². The molecule has 1 atom stereocenters. The molecule has 1 N–H and O–H groups in total. The van der Waals surface area contributed by atoms with Crippen LogP contribution in [0.2, 0.25) is 0 Å². The maximum Gasteiger partial charge on any atom is 0.315 e. The van der Waals surface area contributed by atoms with Gasteiger partial charge in [0.25, 0.3) is 0 Å². The van der Waals surface area contributed by atoms with Crippen LogP contribution in [-0.2, 0) is 9.59 Å². The summed E-state index contributed by atoms with van der Waals surface area (Å²) in [5, 5.41) is 8.63. The van der Waals surface area contributed by atoms with Crippen LogP contribution in [0.4, 0.5) is 0 Å². The number of carbonyl (C=O) groups excluding carboxylic acids is 1. The van der Waals surface area contributed by atoms with E-state index in [2.05, 4.69) is 0 Å². The van der Waals surface area contributed by atoms with Crippen LogP contribution in [0.5, 0.6) is 0 Å². The van der Waals surface area contributed by atoms with Crippen LogP contribution in [0.25, 0.3) is 0 Å². The highest BCUT2D eigenvalue weighted by atomic mass is 16.4.